The van der Waals surface area contributed by atoms with E-state index >= 15 is 0 Å². The lowest BCUT2D eigenvalue weighted by atomic mass is 9.89. The van der Waals surface area contributed by atoms with E-state index in [1.54, 1.807) is 0 Å². The van der Waals surface area contributed by atoms with Crippen LogP contribution in [-0.2, 0) is 4.74 Å². The van der Waals surface area contributed by atoms with Gasteiger partial charge in [0.15, 0.2) is 0 Å². The summed E-state index contributed by atoms with van der Waals surface area (Å²) in [5, 5.41) is 1.13. The van der Waals surface area contributed by atoms with Crippen LogP contribution < -0.4 is 0 Å². The summed E-state index contributed by atoms with van der Waals surface area (Å²) in [6.45, 7) is 2.21. The first-order valence-electron chi connectivity index (χ1n) is 9.28. The summed E-state index contributed by atoms with van der Waals surface area (Å²) in [7, 11) is 0. The van der Waals surface area contributed by atoms with Gasteiger partial charge >= 0.3 is 0 Å². The molecule has 4 nitrogen and oxygen atoms in total. The van der Waals surface area contributed by atoms with Crippen LogP contribution in [0.15, 0.2) is 60.8 Å². The minimum Gasteiger partial charge on any atom is -0.372 e. The lowest BCUT2D eigenvalue weighted by Crippen LogP contribution is -2.35. The monoisotopic (exact) mass is 346 g/mol. The Labute approximate surface area is 152 Å². The maximum atomic E-state index is 13.0. The lowest BCUT2D eigenvalue weighted by molar-refractivity contribution is 0.0123. The van der Waals surface area contributed by atoms with Crippen molar-refractivity contribution in [2.45, 2.75) is 24.4 Å². The second-order valence-electron chi connectivity index (χ2n) is 7.56. The average Bonchev–Trinajstić information content (AvgIpc) is 3.42. The Morgan fingerprint density at radius 2 is 2.04 bits per heavy atom. The van der Waals surface area contributed by atoms with Gasteiger partial charge in [-0.1, -0.05) is 36.4 Å². The van der Waals surface area contributed by atoms with Crippen LogP contribution in [0.4, 0.5) is 0 Å². The molecule has 1 aromatic heterocycles. The number of fused-ring (bicyclic) bond motifs is 1. The summed E-state index contributed by atoms with van der Waals surface area (Å²) in [5.41, 5.74) is 2.92. The second kappa shape index (κ2) is 5.99. The molecule has 2 unspecified atom stereocenters. The summed E-state index contributed by atoms with van der Waals surface area (Å²) >= 11 is 0. The van der Waals surface area contributed by atoms with Crippen molar-refractivity contribution in [2.24, 2.45) is 0 Å². The molecule has 1 spiro atoms. The molecule has 1 amide bonds. The molecule has 2 atom stereocenters. The quantitative estimate of drug-likeness (QED) is 0.763. The second-order valence-corrected chi connectivity index (χ2v) is 7.56. The van der Waals surface area contributed by atoms with Crippen molar-refractivity contribution in [3.63, 3.8) is 0 Å². The number of benzene rings is 2. The molecular weight excluding hydrogens is 324 g/mol. The summed E-state index contributed by atoms with van der Waals surface area (Å²) < 4.78 is 6.24. The van der Waals surface area contributed by atoms with E-state index in [-0.39, 0.29) is 11.5 Å². The number of carbonyl (C=O) groups excluding carboxylic acids is 1. The molecule has 3 heterocycles. The highest BCUT2D eigenvalue weighted by molar-refractivity contribution is 5.98. The van der Waals surface area contributed by atoms with Crippen LogP contribution in [0.3, 0.4) is 0 Å². The molecule has 1 N–H and O–H groups in total. The standard InChI is InChI=1S/C22H22N2O2/c25-21(18-7-6-17-8-10-23-20(17)12-18)24-11-9-22(15-24)13-19(14-26-22)16-4-2-1-3-5-16/h1-8,10,12,19,23H,9,11,13-15H2. The normalized spacial score (nSPS) is 25.4. The molecule has 5 rings (SSSR count). The highest BCUT2D eigenvalue weighted by Gasteiger charge is 2.47. The molecule has 0 bridgehead atoms. The number of hydrogen-bond acceptors (Lipinski definition) is 2. The Morgan fingerprint density at radius 3 is 2.92 bits per heavy atom. The molecule has 132 valence electrons. The van der Waals surface area contributed by atoms with Gasteiger partial charge < -0.3 is 14.6 Å². The van der Waals surface area contributed by atoms with Crippen LogP contribution in [0.1, 0.15) is 34.7 Å². The largest absolute Gasteiger partial charge is 0.372 e. The van der Waals surface area contributed by atoms with Crippen LogP contribution in [0.2, 0.25) is 0 Å². The van der Waals surface area contributed by atoms with E-state index in [9.17, 15) is 4.79 Å². The minimum atomic E-state index is -0.174. The van der Waals surface area contributed by atoms with Crippen molar-refractivity contribution >= 4 is 16.8 Å². The smallest absolute Gasteiger partial charge is 0.254 e. The molecular formula is C22H22N2O2. The number of nitrogens with one attached hydrogen (secondary N) is 1. The highest BCUT2D eigenvalue weighted by Crippen LogP contribution is 2.42. The van der Waals surface area contributed by atoms with Crippen molar-refractivity contribution in [2.75, 3.05) is 19.7 Å². The van der Waals surface area contributed by atoms with Gasteiger partial charge in [0.25, 0.3) is 5.91 Å². The van der Waals surface area contributed by atoms with Gasteiger partial charge in [0, 0.05) is 29.7 Å². The van der Waals surface area contributed by atoms with Gasteiger partial charge in [-0.25, -0.2) is 0 Å². The number of nitrogens with zero attached hydrogens (tertiary/aromatic N) is 1. The molecule has 0 aliphatic carbocycles. The first kappa shape index (κ1) is 15.6. The Kier molecular flexibility index (Phi) is 3.61. The summed E-state index contributed by atoms with van der Waals surface area (Å²) in [4.78, 5) is 18.1. The van der Waals surface area contributed by atoms with Gasteiger partial charge in [0.1, 0.15) is 0 Å². The fourth-order valence-corrected chi connectivity index (χ4v) is 4.45. The topological polar surface area (TPSA) is 45.3 Å². The zero-order valence-corrected chi connectivity index (χ0v) is 14.7. The first-order valence-corrected chi connectivity index (χ1v) is 9.28. The van der Waals surface area contributed by atoms with Gasteiger partial charge in [0.2, 0.25) is 0 Å². The van der Waals surface area contributed by atoms with E-state index in [1.165, 1.54) is 5.56 Å². The van der Waals surface area contributed by atoms with Crippen molar-refractivity contribution in [1.82, 2.24) is 9.88 Å². The summed E-state index contributed by atoms with van der Waals surface area (Å²) in [5.74, 6) is 0.534. The van der Waals surface area contributed by atoms with Crippen molar-refractivity contribution in [3.05, 3.63) is 71.9 Å². The molecule has 4 heteroatoms. The van der Waals surface area contributed by atoms with Gasteiger partial charge in [-0.15, -0.1) is 0 Å². The number of hydrogen-bond donors (Lipinski definition) is 1. The minimum absolute atomic E-state index is 0.102. The number of rotatable bonds is 2. The molecule has 26 heavy (non-hydrogen) atoms. The third kappa shape index (κ3) is 2.61. The molecule has 2 aliphatic heterocycles. The van der Waals surface area contributed by atoms with Gasteiger partial charge in [-0.05, 0) is 42.0 Å². The number of amides is 1. The SMILES string of the molecule is O=C(c1ccc2cc[nH]c2c1)N1CCC2(CC(c3ccccc3)CO2)C1. The van der Waals surface area contributed by atoms with Gasteiger partial charge in [0.05, 0.1) is 18.8 Å². The Hall–Kier alpha value is -2.59. The predicted octanol–water partition coefficient (Wildman–Crippen LogP) is 3.96. The van der Waals surface area contributed by atoms with E-state index in [0.29, 0.717) is 12.5 Å². The zero-order chi connectivity index (χ0) is 17.6. The van der Waals surface area contributed by atoms with E-state index < -0.39 is 0 Å². The lowest BCUT2D eigenvalue weighted by Gasteiger charge is -2.23. The molecule has 3 aromatic rings. The molecule has 0 saturated carbocycles. The Morgan fingerprint density at radius 1 is 1.15 bits per heavy atom. The van der Waals surface area contributed by atoms with Crippen LogP contribution in [0.5, 0.6) is 0 Å². The van der Waals surface area contributed by atoms with Crippen LogP contribution >= 0.6 is 0 Å². The van der Waals surface area contributed by atoms with E-state index in [4.69, 9.17) is 4.74 Å². The average molecular weight is 346 g/mol. The number of aromatic amines is 1. The number of H-pyrrole nitrogens is 1. The number of ether oxygens (including phenoxy) is 1. The van der Waals surface area contributed by atoms with Crippen LogP contribution in [0, 0.1) is 0 Å². The predicted molar refractivity (Wildman–Crippen MR) is 101 cm³/mol. The van der Waals surface area contributed by atoms with Crippen molar-refractivity contribution < 1.29 is 9.53 Å². The number of likely N-dealkylation sites (tertiary alicyclic amines) is 1. The van der Waals surface area contributed by atoms with E-state index in [0.717, 1.165) is 42.5 Å². The maximum Gasteiger partial charge on any atom is 0.254 e. The van der Waals surface area contributed by atoms with Crippen LogP contribution in [0.25, 0.3) is 10.9 Å². The number of carbonyl (C=O) groups is 1. The molecule has 2 aliphatic rings. The fraction of sp³-hybridized carbons (Fsp3) is 0.318. The molecule has 2 saturated heterocycles. The summed E-state index contributed by atoms with van der Waals surface area (Å²) in [6, 6.07) is 18.5. The third-order valence-corrected chi connectivity index (χ3v) is 5.89. The maximum absolute atomic E-state index is 13.0. The molecule has 2 aromatic carbocycles. The van der Waals surface area contributed by atoms with Crippen LogP contribution in [-0.4, -0.2) is 41.1 Å². The third-order valence-electron chi connectivity index (χ3n) is 5.89. The first-order chi connectivity index (χ1) is 12.7. The van der Waals surface area contributed by atoms with E-state index in [1.807, 2.05) is 41.4 Å². The zero-order valence-electron chi connectivity index (χ0n) is 14.7. The van der Waals surface area contributed by atoms with Crippen molar-refractivity contribution in [1.29, 1.82) is 0 Å². The van der Waals surface area contributed by atoms with Gasteiger partial charge in [-0.2, -0.15) is 0 Å². The van der Waals surface area contributed by atoms with Crippen molar-refractivity contribution in [3.8, 4) is 0 Å². The number of aromatic nitrogens is 1. The molecule has 2 fully saturated rings. The van der Waals surface area contributed by atoms with E-state index in [2.05, 4.69) is 29.2 Å². The Balaban J connectivity index is 1.31. The summed E-state index contributed by atoms with van der Waals surface area (Å²) in [6.07, 6.45) is 3.82. The van der Waals surface area contributed by atoms with Gasteiger partial charge in [-0.3, -0.25) is 4.79 Å². The highest BCUT2D eigenvalue weighted by atomic mass is 16.5. The fourth-order valence-electron chi connectivity index (χ4n) is 4.45. The Bertz CT molecular complexity index is 949. The molecule has 0 radical (unpaired) electrons.